The summed E-state index contributed by atoms with van der Waals surface area (Å²) in [5, 5.41) is 4.01. The first-order chi connectivity index (χ1) is 7.34. The van der Waals surface area contributed by atoms with E-state index in [1.165, 1.54) is 18.4 Å². The Hall–Kier alpha value is -0.730. The average molecular weight is 224 g/mol. The van der Waals surface area contributed by atoms with E-state index in [2.05, 4.69) is 11.4 Å². The summed E-state index contributed by atoms with van der Waals surface area (Å²) in [5.41, 5.74) is 1.27. The molecule has 80 valence electrons. The maximum atomic E-state index is 6.32. The van der Waals surface area contributed by atoms with Crippen molar-refractivity contribution in [2.75, 3.05) is 13.1 Å². The Kier molecular flexibility index (Phi) is 2.33. The quantitative estimate of drug-likeness (QED) is 0.851. The summed E-state index contributed by atoms with van der Waals surface area (Å²) < 4.78 is 5.81. The second-order valence-corrected chi connectivity index (χ2v) is 4.71. The van der Waals surface area contributed by atoms with Crippen LogP contribution in [0.25, 0.3) is 0 Å². The van der Waals surface area contributed by atoms with Crippen LogP contribution in [-0.4, -0.2) is 19.2 Å². The number of hydrogen-bond donors (Lipinski definition) is 1. The fourth-order valence-corrected chi connectivity index (χ4v) is 2.18. The minimum Gasteiger partial charge on any atom is -0.486 e. The fourth-order valence-electron chi connectivity index (χ4n) is 1.85. The van der Waals surface area contributed by atoms with Crippen molar-refractivity contribution in [1.82, 2.24) is 5.32 Å². The number of halogens is 1. The molecule has 0 atom stereocenters. The summed E-state index contributed by atoms with van der Waals surface area (Å²) in [6, 6.07) is 6.12. The van der Waals surface area contributed by atoms with Crippen LogP contribution in [0.15, 0.2) is 18.2 Å². The van der Waals surface area contributed by atoms with E-state index in [-0.39, 0.29) is 0 Å². The Morgan fingerprint density at radius 3 is 2.67 bits per heavy atom. The first-order valence-electron chi connectivity index (χ1n) is 5.50. The van der Waals surface area contributed by atoms with Gasteiger partial charge in [-0.3, -0.25) is 0 Å². The fraction of sp³-hybridized carbons (Fsp3) is 0.500. The first kappa shape index (κ1) is 9.49. The second kappa shape index (κ2) is 3.69. The van der Waals surface area contributed by atoms with Crippen LogP contribution in [0.4, 0.5) is 0 Å². The van der Waals surface area contributed by atoms with Crippen LogP contribution in [0, 0.1) is 0 Å². The van der Waals surface area contributed by atoms with Crippen molar-refractivity contribution in [2.45, 2.75) is 24.9 Å². The van der Waals surface area contributed by atoms with E-state index in [4.69, 9.17) is 16.3 Å². The molecule has 0 bridgehead atoms. The number of nitrogens with one attached hydrogen (secondary N) is 1. The molecule has 0 radical (unpaired) electrons. The molecule has 2 fully saturated rings. The zero-order chi connectivity index (χ0) is 10.3. The monoisotopic (exact) mass is 223 g/mol. The van der Waals surface area contributed by atoms with Crippen LogP contribution >= 0.6 is 11.6 Å². The van der Waals surface area contributed by atoms with Crippen molar-refractivity contribution < 1.29 is 4.74 Å². The third-order valence-corrected chi connectivity index (χ3v) is 3.45. The summed E-state index contributed by atoms with van der Waals surface area (Å²) in [5.74, 6) is 1.54. The van der Waals surface area contributed by atoms with Crippen LogP contribution < -0.4 is 10.1 Å². The van der Waals surface area contributed by atoms with Gasteiger partial charge in [0.15, 0.2) is 0 Å². The van der Waals surface area contributed by atoms with Crippen LogP contribution in [0.1, 0.15) is 24.3 Å². The molecule has 0 unspecified atom stereocenters. The highest BCUT2D eigenvalue weighted by atomic mass is 35.5. The molecule has 0 amide bonds. The summed E-state index contributed by atoms with van der Waals surface area (Å²) >= 11 is 6.32. The predicted molar refractivity (Wildman–Crippen MR) is 60.7 cm³/mol. The number of rotatable bonds is 3. The van der Waals surface area contributed by atoms with E-state index in [9.17, 15) is 0 Å². The maximum Gasteiger partial charge on any atom is 0.138 e. The highest BCUT2D eigenvalue weighted by Gasteiger charge is 2.27. The van der Waals surface area contributed by atoms with Gasteiger partial charge in [0.25, 0.3) is 0 Å². The van der Waals surface area contributed by atoms with Gasteiger partial charge in [-0.1, -0.05) is 23.7 Å². The first-order valence-corrected chi connectivity index (χ1v) is 5.88. The summed E-state index contributed by atoms with van der Waals surface area (Å²) in [6.45, 7) is 1.87. The van der Waals surface area contributed by atoms with E-state index >= 15 is 0 Å². The van der Waals surface area contributed by atoms with Crippen molar-refractivity contribution in [3.63, 3.8) is 0 Å². The third kappa shape index (κ3) is 1.84. The lowest BCUT2D eigenvalue weighted by Gasteiger charge is -2.28. The molecule has 15 heavy (non-hydrogen) atoms. The van der Waals surface area contributed by atoms with Crippen molar-refractivity contribution >= 4 is 11.6 Å². The Bertz CT molecular complexity index is 372. The molecule has 1 aliphatic heterocycles. The topological polar surface area (TPSA) is 21.3 Å². The second-order valence-electron chi connectivity index (χ2n) is 4.33. The normalized spacial score (nSPS) is 21.1. The van der Waals surface area contributed by atoms with Gasteiger partial charge in [0, 0.05) is 13.1 Å². The third-order valence-electron chi connectivity index (χ3n) is 3.05. The molecule has 2 aliphatic rings. The Balaban J connectivity index is 1.82. The van der Waals surface area contributed by atoms with E-state index in [1.54, 1.807) is 0 Å². The lowest BCUT2D eigenvalue weighted by molar-refractivity contribution is 0.142. The molecule has 1 aromatic carbocycles. The van der Waals surface area contributed by atoms with Gasteiger partial charge in [0.1, 0.15) is 11.9 Å². The van der Waals surface area contributed by atoms with Gasteiger partial charge in [0.2, 0.25) is 0 Å². The lowest BCUT2D eigenvalue weighted by Crippen LogP contribution is -2.50. The number of hydrogen-bond acceptors (Lipinski definition) is 2. The highest BCUT2D eigenvalue weighted by molar-refractivity contribution is 6.32. The smallest absolute Gasteiger partial charge is 0.138 e. The largest absolute Gasteiger partial charge is 0.486 e. The summed E-state index contributed by atoms with van der Waals surface area (Å²) in [7, 11) is 0. The van der Waals surface area contributed by atoms with E-state index in [0.29, 0.717) is 12.0 Å². The van der Waals surface area contributed by atoms with Crippen LogP contribution in [0.3, 0.4) is 0 Å². The van der Waals surface area contributed by atoms with Crippen molar-refractivity contribution in [2.24, 2.45) is 0 Å². The van der Waals surface area contributed by atoms with Crippen molar-refractivity contribution in [3.8, 4) is 5.75 Å². The Morgan fingerprint density at radius 1 is 1.27 bits per heavy atom. The summed E-state index contributed by atoms with van der Waals surface area (Å²) in [6.07, 6.45) is 2.85. The molecule has 1 N–H and O–H groups in total. The Labute approximate surface area is 94.6 Å². The van der Waals surface area contributed by atoms with Gasteiger partial charge in [-0.05, 0) is 30.4 Å². The highest BCUT2D eigenvalue weighted by Crippen LogP contribution is 2.45. The standard InChI is InChI=1S/C12H14ClNO/c13-12-10(8-4-5-8)2-1-3-11(12)15-9-6-14-7-9/h1-3,8-9,14H,4-7H2. The minimum atomic E-state index is 0.303. The molecule has 1 aliphatic carbocycles. The van der Waals surface area contributed by atoms with E-state index in [1.807, 2.05) is 12.1 Å². The minimum absolute atomic E-state index is 0.303. The molecular weight excluding hydrogens is 210 g/mol. The molecule has 1 heterocycles. The van der Waals surface area contributed by atoms with Gasteiger partial charge in [-0.15, -0.1) is 0 Å². The SMILES string of the molecule is Clc1c(OC2CNC2)cccc1C1CC1. The molecule has 1 aromatic rings. The average Bonchev–Trinajstić information content (AvgIpc) is 2.97. The van der Waals surface area contributed by atoms with E-state index < -0.39 is 0 Å². The molecular formula is C12H14ClNO. The Morgan fingerprint density at radius 2 is 2.07 bits per heavy atom. The maximum absolute atomic E-state index is 6.32. The predicted octanol–water partition coefficient (Wildman–Crippen LogP) is 2.57. The number of benzene rings is 1. The van der Waals surface area contributed by atoms with Gasteiger partial charge in [-0.2, -0.15) is 0 Å². The van der Waals surface area contributed by atoms with Crippen molar-refractivity contribution in [3.05, 3.63) is 28.8 Å². The zero-order valence-corrected chi connectivity index (χ0v) is 9.26. The molecule has 3 rings (SSSR count). The lowest BCUT2D eigenvalue weighted by atomic mass is 10.1. The van der Waals surface area contributed by atoms with Crippen molar-refractivity contribution in [1.29, 1.82) is 0 Å². The van der Waals surface area contributed by atoms with Gasteiger partial charge < -0.3 is 10.1 Å². The van der Waals surface area contributed by atoms with Gasteiger partial charge >= 0.3 is 0 Å². The zero-order valence-electron chi connectivity index (χ0n) is 8.50. The molecule has 3 heteroatoms. The van der Waals surface area contributed by atoms with Gasteiger partial charge in [-0.25, -0.2) is 0 Å². The summed E-state index contributed by atoms with van der Waals surface area (Å²) in [4.78, 5) is 0. The van der Waals surface area contributed by atoms with Crippen LogP contribution in [0.5, 0.6) is 5.75 Å². The van der Waals surface area contributed by atoms with Gasteiger partial charge in [0.05, 0.1) is 5.02 Å². The molecule has 1 saturated carbocycles. The molecule has 2 nitrogen and oxygen atoms in total. The molecule has 0 spiro atoms. The van der Waals surface area contributed by atoms with Crippen LogP contribution in [-0.2, 0) is 0 Å². The van der Waals surface area contributed by atoms with E-state index in [0.717, 1.165) is 23.9 Å². The molecule has 1 saturated heterocycles. The number of ether oxygens (including phenoxy) is 1. The molecule has 0 aromatic heterocycles. The van der Waals surface area contributed by atoms with Crippen LogP contribution in [0.2, 0.25) is 5.02 Å².